The van der Waals surface area contributed by atoms with Crippen LogP contribution in [0.2, 0.25) is 5.02 Å². The van der Waals surface area contributed by atoms with Crippen LogP contribution in [-0.2, 0) is 13.1 Å². The number of nitrogens with zero attached hydrogens (tertiary/aromatic N) is 3. The third-order valence-electron chi connectivity index (χ3n) is 3.69. The molecule has 6 heteroatoms. The molecular formula is C14H16ClN3S2. The normalized spacial score (nSPS) is 15.4. The molecule has 0 saturated carbocycles. The molecule has 1 aliphatic heterocycles. The number of halogens is 1. The van der Waals surface area contributed by atoms with E-state index in [0.717, 1.165) is 46.2 Å². The van der Waals surface area contributed by atoms with Crippen molar-refractivity contribution in [2.24, 2.45) is 0 Å². The minimum absolute atomic E-state index is 0.719. The van der Waals surface area contributed by atoms with Gasteiger partial charge in [-0.15, -0.1) is 0 Å². The van der Waals surface area contributed by atoms with Gasteiger partial charge in [0, 0.05) is 18.1 Å². The van der Waals surface area contributed by atoms with Crippen LogP contribution < -0.4 is 0 Å². The van der Waals surface area contributed by atoms with E-state index in [-0.39, 0.29) is 0 Å². The molecule has 2 aromatic rings. The monoisotopic (exact) mass is 325 g/mol. The zero-order chi connectivity index (χ0) is 14.1. The van der Waals surface area contributed by atoms with Crippen LogP contribution in [-0.4, -0.2) is 13.9 Å². The number of benzene rings is 1. The Morgan fingerprint density at radius 3 is 1.80 bits per heavy atom. The summed E-state index contributed by atoms with van der Waals surface area (Å²) in [6.07, 6.45) is 4.85. The van der Waals surface area contributed by atoms with E-state index in [2.05, 4.69) is 9.36 Å². The Kier molecular flexibility index (Phi) is 4.10. The average molecular weight is 326 g/mol. The molecular weight excluding hydrogens is 310 g/mol. The summed E-state index contributed by atoms with van der Waals surface area (Å²) < 4.78 is 7.81. The summed E-state index contributed by atoms with van der Waals surface area (Å²) in [5, 5.41) is 0.719. The largest absolute Gasteiger partial charge is 0.261 e. The fourth-order valence-electron chi connectivity index (χ4n) is 2.64. The number of fused-ring (bicyclic) bond motifs is 1. The lowest BCUT2D eigenvalue weighted by Gasteiger charge is -2.14. The molecule has 0 bridgehead atoms. The standard InChI is InChI=1S/C14H16ClN3S2/c15-11-5-7-12(8-6-11)18-13(19)16-9-3-1-2-4-10-17(16)14(18)20/h5-8H,1-4,9-10H2. The first kappa shape index (κ1) is 14.0. The van der Waals surface area contributed by atoms with Gasteiger partial charge in [0.25, 0.3) is 0 Å². The van der Waals surface area contributed by atoms with Crippen LogP contribution >= 0.6 is 36.0 Å². The lowest BCUT2D eigenvalue weighted by Crippen LogP contribution is -2.15. The van der Waals surface area contributed by atoms with E-state index < -0.39 is 0 Å². The van der Waals surface area contributed by atoms with Crippen molar-refractivity contribution in [3.63, 3.8) is 0 Å². The van der Waals surface area contributed by atoms with Crippen molar-refractivity contribution < 1.29 is 0 Å². The summed E-state index contributed by atoms with van der Waals surface area (Å²) >= 11 is 17.2. The van der Waals surface area contributed by atoms with Gasteiger partial charge in [-0.25, -0.2) is 0 Å². The Morgan fingerprint density at radius 2 is 1.30 bits per heavy atom. The Morgan fingerprint density at radius 1 is 0.800 bits per heavy atom. The molecule has 0 atom stereocenters. The molecule has 0 spiro atoms. The predicted octanol–water partition coefficient (Wildman–Crippen LogP) is 4.77. The molecule has 0 amide bonds. The van der Waals surface area contributed by atoms with Crippen LogP contribution in [0, 0.1) is 9.54 Å². The van der Waals surface area contributed by atoms with Crippen LogP contribution in [0.5, 0.6) is 0 Å². The first-order valence-corrected chi connectivity index (χ1v) is 8.06. The molecule has 1 aromatic carbocycles. The van der Waals surface area contributed by atoms with Crippen molar-refractivity contribution in [3.05, 3.63) is 38.8 Å². The lowest BCUT2D eigenvalue weighted by molar-refractivity contribution is 0.379. The molecule has 1 aromatic heterocycles. The molecule has 1 aliphatic rings. The van der Waals surface area contributed by atoms with Crippen molar-refractivity contribution in [1.29, 1.82) is 0 Å². The predicted molar refractivity (Wildman–Crippen MR) is 86.9 cm³/mol. The Bertz CT molecular complexity index is 685. The highest BCUT2D eigenvalue weighted by molar-refractivity contribution is 7.72. The highest BCUT2D eigenvalue weighted by Crippen LogP contribution is 2.18. The number of hydrogen-bond acceptors (Lipinski definition) is 2. The minimum Gasteiger partial charge on any atom is -0.261 e. The smallest absolute Gasteiger partial charge is 0.201 e. The van der Waals surface area contributed by atoms with Crippen LogP contribution in [0.1, 0.15) is 25.7 Å². The van der Waals surface area contributed by atoms with Gasteiger partial charge < -0.3 is 0 Å². The summed E-state index contributed by atoms with van der Waals surface area (Å²) in [7, 11) is 0. The molecule has 20 heavy (non-hydrogen) atoms. The first-order chi connectivity index (χ1) is 9.68. The summed E-state index contributed by atoms with van der Waals surface area (Å²) in [4.78, 5) is 0. The topological polar surface area (TPSA) is 14.8 Å². The maximum absolute atomic E-state index is 5.95. The second-order valence-corrected chi connectivity index (χ2v) is 6.20. The Hall–Kier alpha value is -0.910. The summed E-state index contributed by atoms with van der Waals surface area (Å²) in [5.74, 6) is 0. The van der Waals surface area contributed by atoms with Gasteiger partial charge in [-0.2, -0.15) is 0 Å². The van der Waals surface area contributed by atoms with Gasteiger partial charge in [0.1, 0.15) is 0 Å². The lowest BCUT2D eigenvalue weighted by atomic mass is 10.2. The van der Waals surface area contributed by atoms with E-state index in [1.54, 1.807) is 0 Å². The molecule has 3 nitrogen and oxygen atoms in total. The molecule has 0 aliphatic carbocycles. The van der Waals surface area contributed by atoms with Crippen molar-refractivity contribution in [1.82, 2.24) is 13.9 Å². The van der Waals surface area contributed by atoms with Gasteiger partial charge in [0.15, 0.2) is 0 Å². The average Bonchev–Trinajstić information content (AvgIpc) is 2.61. The van der Waals surface area contributed by atoms with Crippen molar-refractivity contribution in [3.8, 4) is 5.69 Å². The quantitative estimate of drug-likeness (QED) is 0.702. The highest BCUT2D eigenvalue weighted by atomic mass is 35.5. The van der Waals surface area contributed by atoms with E-state index in [4.69, 9.17) is 36.0 Å². The maximum Gasteiger partial charge on any atom is 0.201 e. The molecule has 0 unspecified atom stereocenters. The zero-order valence-corrected chi connectivity index (χ0v) is 13.5. The van der Waals surface area contributed by atoms with Crippen LogP contribution in [0.4, 0.5) is 0 Å². The molecule has 0 saturated heterocycles. The van der Waals surface area contributed by atoms with E-state index in [9.17, 15) is 0 Å². The van der Waals surface area contributed by atoms with Crippen molar-refractivity contribution in [2.75, 3.05) is 0 Å². The van der Waals surface area contributed by atoms with Crippen molar-refractivity contribution >= 4 is 36.0 Å². The Balaban J connectivity index is 2.17. The van der Waals surface area contributed by atoms with Gasteiger partial charge in [-0.05, 0) is 61.5 Å². The van der Waals surface area contributed by atoms with Crippen LogP contribution in [0.25, 0.3) is 5.69 Å². The number of aromatic nitrogens is 3. The van der Waals surface area contributed by atoms with Gasteiger partial charge in [0.05, 0.1) is 5.69 Å². The SMILES string of the molecule is S=c1n(-c2ccc(Cl)cc2)c(=S)n2n1CCCCCC2. The van der Waals surface area contributed by atoms with E-state index in [1.807, 2.05) is 28.8 Å². The summed E-state index contributed by atoms with van der Waals surface area (Å²) in [5.41, 5.74) is 0.983. The van der Waals surface area contributed by atoms with E-state index >= 15 is 0 Å². The minimum atomic E-state index is 0.719. The van der Waals surface area contributed by atoms with Crippen LogP contribution in [0.15, 0.2) is 24.3 Å². The van der Waals surface area contributed by atoms with Gasteiger partial charge >= 0.3 is 0 Å². The second-order valence-electron chi connectivity index (χ2n) is 5.04. The summed E-state index contributed by atoms with van der Waals surface area (Å²) in [6.45, 7) is 1.89. The number of hydrogen-bond donors (Lipinski definition) is 0. The van der Waals surface area contributed by atoms with E-state index in [1.165, 1.54) is 12.8 Å². The first-order valence-electron chi connectivity index (χ1n) is 6.87. The van der Waals surface area contributed by atoms with Gasteiger partial charge in [-0.1, -0.05) is 24.4 Å². The van der Waals surface area contributed by atoms with E-state index in [0.29, 0.717) is 0 Å². The Labute approximate surface area is 133 Å². The maximum atomic E-state index is 5.95. The molecule has 0 fully saturated rings. The fourth-order valence-corrected chi connectivity index (χ4v) is 3.59. The molecule has 0 N–H and O–H groups in total. The third-order valence-corrected chi connectivity index (χ3v) is 4.73. The van der Waals surface area contributed by atoms with Crippen molar-refractivity contribution in [2.45, 2.75) is 38.8 Å². The summed E-state index contributed by atoms with van der Waals surface area (Å²) in [6, 6.07) is 7.66. The highest BCUT2D eigenvalue weighted by Gasteiger charge is 2.13. The number of rotatable bonds is 1. The van der Waals surface area contributed by atoms with Crippen LogP contribution in [0.3, 0.4) is 0 Å². The second kappa shape index (κ2) is 5.84. The van der Waals surface area contributed by atoms with Gasteiger partial charge in [0.2, 0.25) is 9.54 Å². The molecule has 2 heterocycles. The molecule has 106 valence electrons. The molecule has 3 rings (SSSR count). The molecule has 0 radical (unpaired) electrons. The van der Waals surface area contributed by atoms with Gasteiger partial charge in [-0.3, -0.25) is 13.9 Å². The third kappa shape index (κ3) is 2.50. The fraction of sp³-hybridized carbons (Fsp3) is 0.429. The zero-order valence-electron chi connectivity index (χ0n) is 11.1.